The Morgan fingerprint density at radius 2 is 2.00 bits per heavy atom. The van der Waals surface area contributed by atoms with Crippen LogP contribution in [-0.4, -0.2) is 56.8 Å². The predicted molar refractivity (Wildman–Crippen MR) is 108 cm³/mol. The van der Waals surface area contributed by atoms with Gasteiger partial charge in [0.05, 0.1) is 17.2 Å². The minimum absolute atomic E-state index is 0.0929. The van der Waals surface area contributed by atoms with Crippen LogP contribution in [0.2, 0.25) is 0 Å². The second kappa shape index (κ2) is 7.28. The maximum Gasteiger partial charge on any atom is 0.261 e. The third-order valence-electron chi connectivity index (χ3n) is 6.83. The number of benzene rings is 1. The van der Waals surface area contributed by atoms with Crippen molar-refractivity contribution in [3.8, 4) is 0 Å². The molecule has 3 unspecified atom stereocenters. The van der Waals surface area contributed by atoms with Crippen molar-refractivity contribution in [2.24, 2.45) is 11.8 Å². The summed E-state index contributed by atoms with van der Waals surface area (Å²) in [6, 6.07) is 7.57. The molecule has 4 heterocycles. The smallest absolute Gasteiger partial charge is 0.261 e. The lowest BCUT2D eigenvalue weighted by molar-refractivity contribution is -0.148. The zero-order chi connectivity index (χ0) is 20.0. The fraction of sp³-hybridized carbons (Fsp3) is 0.545. The van der Waals surface area contributed by atoms with Crippen molar-refractivity contribution in [1.29, 1.82) is 0 Å². The van der Waals surface area contributed by atoms with Crippen LogP contribution in [0, 0.1) is 11.8 Å². The summed E-state index contributed by atoms with van der Waals surface area (Å²) in [6.07, 6.45) is 5.65. The van der Waals surface area contributed by atoms with Crippen LogP contribution in [0.5, 0.6) is 0 Å². The standard InChI is InChI=1S/C22H26N4O3/c27-20(8-9-24-14-23-18-5-2-1-4-17(18)22(24)29)25-11-15-10-16(13-25)19-6-3-7-21(28)26(19)12-15/h1-2,4-5,14-16,19H,3,6-13H2. The molecule has 7 nitrogen and oxygen atoms in total. The fourth-order valence-electron chi connectivity index (χ4n) is 5.45. The van der Waals surface area contributed by atoms with Crippen molar-refractivity contribution in [2.45, 2.75) is 44.7 Å². The first-order chi connectivity index (χ1) is 14.1. The number of carbonyl (C=O) groups is 2. The highest BCUT2D eigenvalue weighted by Crippen LogP contribution is 2.38. The highest BCUT2D eigenvalue weighted by atomic mass is 16.2. The van der Waals surface area contributed by atoms with Crippen LogP contribution in [0.15, 0.2) is 35.4 Å². The molecule has 152 valence electrons. The number of amides is 2. The molecule has 1 aromatic carbocycles. The van der Waals surface area contributed by atoms with E-state index in [-0.39, 0.29) is 11.5 Å². The quantitative estimate of drug-likeness (QED) is 0.793. The molecule has 0 aliphatic carbocycles. The van der Waals surface area contributed by atoms with Gasteiger partial charge in [0.25, 0.3) is 5.56 Å². The van der Waals surface area contributed by atoms with Crippen LogP contribution in [0.3, 0.4) is 0 Å². The van der Waals surface area contributed by atoms with Gasteiger partial charge in [-0.1, -0.05) is 12.1 Å². The van der Waals surface area contributed by atoms with Crippen LogP contribution >= 0.6 is 0 Å². The molecule has 0 spiro atoms. The van der Waals surface area contributed by atoms with Gasteiger partial charge in [0.15, 0.2) is 0 Å². The Morgan fingerprint density at radius 1 is 1.14 bits per heavy atom. The Morgan fingerprint density at radius 3 is 2.90 bits per heavy atom. The highest BCUT2D eigenvalue weighted by molar-refractivity contribution is 5.79. The number of aromatic nitrogens is 2. The molecule has 2 amide bonds. The Balaban J connectivity index is 1.26. The van der Waals surface area contributed by atoms with Crippen molar-refractivity contribution < 1.29 is 9.59 Å². The van der Waals surface area contributed by atoms with E-state index in [9.17, 15) is 14.4 Å². The van der Waals surface area contributed by atoms with Crippen LogP contribution in [0.1, 0.15) is 32.1 Å². The summed E-state index contributed by atoms with van der Waals surface area (Å²) in [5.74, 6) is 1.15. The molecule has 0 saturated carbocycles. The molecule has 3 fully saturated rings. The van der Waals surface area contributed by atoms with Crippen LogP contribution < -0.4 is 5.56 Å². The number of aryl methyl sites for hydroxylation is 1. The van der Waals surface area contributed by atoms with E-state index in [1.54, 1.807) is 6.07 Å². The molecule has 2 aromatic rings. The molecule has 3 aliphatic heterocycles. The zero-order valence-electron chi connectivity index (χ0n) is 16.5. The SMILES string of the molecule is O=C(CCn1cnc2ccccc2c1=O)N1CC2CC(C1)C1CCCC(=O)N1C2. The normalized spacial score (nSPS) is 26.5. The van der Waals surface area contributed by atoms with Gasteiger partial charge < -0.3 is 9.80 Å². The number of hydrogen-bond acceptors (Lipinski definition) is 4. The lowest BCUT2D eigenvalue weighted by Crippen LogP contribution is -2.61. The monoisotopic (exact) mass is 394 g/mol. The minimum atomic E-state index is -0.102. The first-order valence-electron chi connectivity index (χ1n) is 10.6. The number of nitrogens with zero attached hydrogens (tertiary/aromatic N) is 4. The molecule has 0 radical (unpaired) electrons. The Kier molecular flexibility index (Phi) is 4.60. The van der Waals surface area contributed by atoms with Crippen molar-refractivity contribution in [2.75, 3.05) is 19.6 Å². The third kappa shape index (κ3) is 3.32. The van der Waals surface area contributed by atoms with Crippen LogP contribution in [0.25, 0.3) is 10.9 Å². The lowest BCUT2D eigenvalue weighted by Gasteiger charge is -2.52. The number of para-hydroxylation sites is 1. The molecule has 3 saturated heterocycles. The molecular weight excluding hydrogens is 368 g/mol. The van der Waals surface area contributed by atoms with Gasteiger partial charge in [-0.2, -0.15) is 0 Å². The van der Waals surface area contributed by atoms with Gasteiger partial charge in [-0.3, -0.25) is 19.0 Å². The molecular formula is C22H26N4O3. The summed E-state index contributed by atoms with van der Waals surface area (Å²) in [5, 5.41) is 0.581. The highest BCUT2D eigenvalue weighted by Gasteiger charge is 2.44. The predicted octanol–water partition coefficient (Wildman–Crippen LogP) is 1.65. The maximum atomic E-state index is 12.9. The number of rotatable bonds is 3. The molecule has 1 aromatic heterocycles. The van der Waals surface area contributed by atoms with E-state index < -0.39 is 0 Å². The minimum Gasteiger partial charge on any atom is -0.342 e. The summed E-state index contributed by atoms with van der Waals surface area (Å²) >= 11 is 0. The first kappa shape index (κ1) is 18.3. The molecule has 3 atom stereocenters. The fourth-order valence-corrected chi connectivity index (χ4v) is 5.45. The van der Waals surface area contributed by atoms with E-state index in [0.717, 1.165) is 38.9 Å². The number of fused-ring (bicyclic) bond motifs is 5. The molecule has 2 bridgehead atoms. The van der Waals surface area contributed by atoms with E-state index in [1.807, 2.05) is 23.1 Å². The Hall–Kier alpha value is -2.70. The van der Waals surface area contributed by atoms with E-state index in [1.165, 1.54) is 10.9 Å². The average Bonchev–Trinajstić information content (AvgIpc) is 2.74. The summed E-state index contributed by atoms with van der Waals surface area (Å²) < 4.78 is 1.53. The van der Waals surface area contributed by atoms with Crippen molar-refractivity contribution >= 4 is 22.7 Å². The van der Waals surface area contributed by atoms with E-state index in [0.29, 0.717) is 54.1 Å². The summed E-state index contributed by atoms with van der Waals surface area (Å²) in [5.41, 5.74) is 0.575. The Bertz CT molecular complexity index is 1020. The number of likely N-dealkylation sites (tertiary alicyclic amines) is 1. The summed E-state index contributed by atoms with van der Waals surface area (Å²) in [6.45, 7) is 2.58. The second-order valence-electron chi connectivity index (χ2n) is 8.68. The van der Waals surface area contributed by atoms with Gasteiger partial charge >= 0.3 is 0 Å². The second-order valence-corrected chi connectivity index (χ2v) is 8.68. The Labute approximate surface area is 169 Å². The summed E-state index contributed by atoms with van der Waals surface area (Å²) in [4.78, 5) is 46.2. The van der Waals surface area contributed by atoms with Crippen LogP contribution in [-0.2, 0) is 16.1 Å². The van der Waals surface area contributed by atoms with Crippen molar-refractivity contribution in [1.82, 2.24) is 19.4 Å². The van der Waals surface area contributed by atoms with Gasteiger partial charge in [0, 0.05) is 45.1 Å². The first-order valence-corrected chi connectivity index (χ1v) is 10.6. The third-order valence-corrected chi connectivity index (χ3v) is 6.83. The molecule has 0 N–H and O–H groups in total. The number of piperidine rings is 3. The number of carbonyl (C=O) groups excluding carboxylic acids is 2. The zero-order valence-corrected chi connectivity index (χ0v) is 16.5. The van der Waals surface area contributed by atoms with Gasteiger partial charge in [0.2, 0.25) is 11.8 Å². The van der Waals surface area contributed by atoms with Gasteiger partial charge in [0.1, 0.15) is 0 Å². The van der Waals surface area contributed by atoms with E-state index >= 15 is 0 Å². The molecule has 5 rings (SSSR count). The lowest BCUT2D eigenvalue weighted by atomic mass is 9.76. The number of hydrogen-bond donors (Lipinski definition) is 0. The van der Waals surface area contributed by atoms with Crippen molar-refractivity contribution in [3.05, 3.63) is 40.9 Å². The van der Waals surface area contributed by atoms with Crippen molar-refractivity contribution in [3.63, 3.8) is 0 Å². The van der Waals surface area contributed by atoms with Crippen LogP contribution in [0.4, 0.5) is 0 Å². The average molecular weight is 394 g/mol. The summed E-state index contributed by atoms with van der Waals surface area (Å²) in [7, 11) is 0. The molecule has 7 heteroatoms. The van der Waals surface area contributed by atoms with Gasteiger partial charge in [-0.25, -0.2) is 4.98 Å². The topological polar surface area (TPSA) is 75.5 Å². The van der Waals surface area contributed by atoms with E-state index in [2.05, 4.69) is 9.88 Å². The maximum absolute atomic E-state index is 12.9. The van der Waals surface area contributed by atoms with Gasteiger partial charge in [-0.15, -0.1) is 0 Å². The molecule has 29 heavy (non-hydrogen) atoms. The molecule has 3 aliphatic rings. The van der Waals surface area contributed by atoms with Gasteiger partial charge in [-0.05, 0) is 43.2 Å². The van der Waals surface area contributed by atoms with E-state index in [4.69, 9.17) is 0 Å². The largest absolute Gasteiger partial charge is 0.342 e.